The van der Waals surface area contributed by atoms with Gasteiger partial charge in [0.15, 0.2) is 0 Å². The molecule has 698 valence electrons. The minimum Gasteiger partial charge on any atom is -0.450 e. The fraction of sp³-hybridized carbons (Fsp3) is 0.699. The summed E-state index contributed by atoms with van der Waals surface area (Å²) < 4.78 is 0. The molecule has 0 saturated carbocycles. The molecule has 0 aliphatic carbocycles. The Hall–Kier alpha value is -12.7. The summed E-state index contributed by atoms with van der Waals surface area (Å²) in [5.41, 5.74) is 0. The van der Waals surface area contributed by atoms with E-state index in [0.29, 0.717) is 0 Å². The van der Waals surface area contributed by atoms with E-state index in [-0.39, 0.29) is 100 Å². The predicted molar refractivity (Wildman–Crippen MR) is 431 cm³/mol. The zero-order chi connectivity index (χ0) is 92.8. The molecule has 0 unspecified atom stereocenters. The second-order valence-electron chi connectivity index (χ2n) is 26.1. The lowest BCUT2D eigenvalue weighted by Gasteiger charge is -1.80. The van der Waals surface area contributed by atoms with E-state index in [4.69, 9.17) is 75.0 Å². The third kappa shape index (κ3) is 107. The Labute approximate surface area is 705 Å². The van der Waals surface area contributed by atoms with E-state index < -0.39 is 30.8 Å². The van der Waals surface area contributed by atoms with Crippen molar-refractivity contribution < 1.29 is 157 Å². The molecule has 0 spiro atoms. The molecule has 49 nitrogen and oxygen atoms in total. The Morgan fingerprint density at radius 2 is 0.164 bits per heavy atom. The number of nitrogens with one attached hydrogen (secondary N) is 17. The maximum atomic E-state index is 10.1. The average Bonchev–Trinajstić information content (AvgIpc) is 2.14. The number of amides is 17. The fourth-order valence-electron chi connectivity index (χ4n) is 9.61. The molecular formula is C73H129N17O32. The molecule has 0 aromatic rings. The lowest BCUT2D eigenvalue weighted by Crippen LogP contribution is -2.12. The lowest BCUT2D eigenvalue weighted by atomic mass is 10.4. The van der Waals surface area contributed by atoms with E-state index in [2.05, 4.69) is 90.4 Å². The van der Waals surface area contributed by atoms with Gasteiger partial charge in [0.2, 0.25) is 100 Å². The number of carboxylic acid groups (broad SMARTS) is 10. The van der Waals surface area contributed by atoms with Gasteiger partial charge in [-0.25, -0.2) is 24.0 Å². The highest BCUT2D eigenvalue weighted by Crippen LogP contribution is 2.02. The van der Waals surface area contributed by atoms with Gasteiger partial charge < -0.3 is 141 Å². The molecular weight excluding hydrogens is 1630 g/mol. The molecule has 17 aliphatic rings. The second kappa shape index (κ2) is 84.8. The van der Waals surface area contributed by atoms with Gasteiger partial charge in [-0.3, -0.25) is 81.5 Å². The summed E-state index contributed by atoms with van der Waals surface area (Å²) in [5.74, 6) is 3.46. The molecule has 0 atom stereocenters. The first-order valence-electron chi connectivity index (χ1n) is 40.0. The third-order valence-corrected chi connectivity index (χ3v) is 15.3. The van der Waals surface area contributed by atoms with Crippen molar-refractivity contribution >= 4 is 131 Å². The number of hydrogen-bond donors (Lipinski definition) is 27. The lowest BCUT2D eigenvalue weighted by molar-refractivity contribution is -0.119. The van der Waals surface area contributed by atoms with Gasteiger partial charge in [0, 0.05) is 220 Å². The maximum absolute atomic E-state index is 10.1. The van der Waals surface area contributed by atoms with E-state index in [1.807, 2.05) is 0 Å². The van der Waals surface area contributed by atoms with E-state index in [0.717, 1.165) is 330 Å². The van der Waals surface area contributed by atoms with Gasteiger partial charge in [0.25, 0.3) is 0 Å². The zero-order valence-corrected chi connectivity index (χ0v) is 69.0. The third-order valence-electron chi connectivity index (χ3n) is 15.3. The summed E-state index contributed by atoms with van der Waals surface area (Å²) in [6.07, 6.45) is 20.8. The SMILES string of the molecule is O=C(O)O.O=C(O)O.O=C(O)O.O=C(O)O.O=C(O)O.O=C1CCCN1.O=C1CCCN1.O=C1CCCN1.O=C1CCCN1.O=C1CCCN1.O=C1CCCN1.O=C1CCCN1.O=C1CCCN1.O=C1CCCN1.O=C1CCCN1.O=C1CCCN1.O=C1CCCN1.O=C1CCCN1.O=C1CCCN1.O=C1CCCN1.O=C1CCCN1.O=C1CCCN1. The van der Waals surface area contributed by atoms with Crippen molar-refractivity contribution in [3.63, 3.8) is 0 Å². The van der Waals surface area contributed by atoms with Crippen molar-refractivity contribution in [3.8, 4) is 0 Å². The van der Waals surface area contributed by atoms with Crippen molar-refractivity contribution in [2.45, 2.75) is 218 Å². The standard InChI is InChI=1S/17C4H7NO.5CH2O3/c17*6-4-2-1-3-5-4;5*2-1(3)4/h17*1-3H2,(H,5,6);5*(H2,2,3,4). The number of carbonyl (C=O) groups excluding carboxylic acids is 17. The Kier molecular flexibility index (Phi) is 81.9. The predicted octanol–water partition coefficient (Wildman–Crippen LogP) is -0.649. The number of rotatable bonds is 0. The molecule has 17 aliphatic heterocycles. The normalized spacial score (nSPS) is 18.5. The van der Waals surface area contributed by atoms with Crippen LogP contribution < -0.4 is 90.4 Å². The highest BCUT2D eigenvalue weighted by molar-refractivity contribution is 5.83. The van der Waals surface area contributed by atoms with Crippen molar-refractivity contribution in [2.24, 2.45) is 0 Å². The van der Waals surface area contributed by atoms with Gasteiger partial charge >= 0.3 is 30.8 Å². The number of hydrogen-bond acceptors (Lipinski definition) is 22. The highest BCUT2D eigenvalue weighted by atomic mass is 16.6. The summed E-state index contributed by atoms with van der Waals surface area (Å²) >= 11 is 0. The summed E-state index contributed by atoms with van der Waals surface area (Å²) in [7, 11) is 0. The first-order chi connectivity index (χ1) is 57.9. The average molecular weight is 1760 g/mol. The Morgan fingerprint density at radius 1 is 0.123 bits per heavy atom. The van der Waals surface area contributed by atoms with Gasteiger partial charge in [-0.15, -0.1) is 0 Å². The van der Waals surface area contributed by atoms with Gasteiger partial charge in [0.1, 0.15) is 0 Å². The van der Waals surface area contributed by atoms with Crippen LogP contribution >= 0.6 is 0 Å². The van der Waals surface area contributed by atoms with Crippen LogP contribution in [-0.4, -0.2) is 294 Å². The van der Waals surface area contributed by atoms with Crippen LogP contribution in [0.1, 0.15) is 218 Å². The van der Waals surface area contributed by atoms with Gasteiger partial charge in [-0.2, -0.15) is 0 Å². The van der Waals surface area contributed by atoms with Crippen molar-refractivity contribution in [3.05, 3.63) is 0 Å². The molecule has 17 saturated heterocycles. The molecule has 17 rings (SSSR count). The van der Waals surface area contributed by atoms with E-state index in [1.165, 1.54) is 0 Å². The van der Waals surface area contributed by atoms with Crippen LogP contribution in [0.15, 0.2) is 0 Å². The Balaban J connectivity index is -0.000000393. The Morgan fingerprint density at radius 3 is 0.172 bits per heavy atom. The van der Waals surface area contributed by atoms with Crippen molar-refractivity contribution in [2.75, 3.05) is 111 Å². The van der Waals surface area contributed by atoms with E-state index >= 15 is 0 Å². The largest absolute Gasteiger partial charge is 0.503 e. The molecule has 0 aromatic heterocycles. The topological polar surface area (TPSA) is 782 Å². The molecule has 0 aromatic carbocycles. The van der Waals surface area contributed by atoms with Gasteiger partial charge in [0.05, 0.1) is 0 Å². The molecule has 27 N–H and O–H groups in total. The maximum Gasteiger partial charge on any atom is 0.503 e. The van der Waals surface area contributed by atoms with Gasteiger partial charge in [-0.1, -0.05) is 0 Å². The van der Waals surface area contributed by atoms with E-state index in [1.54, 1.807) is 0 Å². The Bertz CT molecular complexity index is 2210. The van der Waals surface area contributed by atoms with E-state index in [9.17, 15) is 81.5 Å². The minimum atomic E-state index is -1.83. The molecule has 49 heteroatoms. The van der Waals surface area contributed by atoms with Crippen LogP contribution in [0.2, 0.25) is 0 Å². The summed E-state index contributed by atoms with van der Waals surface area (Å²) in [4.78, 5) is 215. The van der Waals surface area contributed by atoms with Crippen LogP contribution in [-0.2, 0) is 81.5 Å². The van der Waals surface area contributed by atoms with Gasteiger partial charge in [-0.05, 0) is 109 Å². The van der Waals surface area contributed by atoms with Crippen molar-refractivity contribution in [1.29, 1.82) is 0 Å². The summed E-state index contributed by atoms with van der Waals surface area (Å²) in [5, 5.41) is 115. The first kappa shape index (κ1) is 118. The minimum absolute atomic E-state index is 0.204. The highest BCUT2D eigenvalue weighted by Gasteiger charge is 2.14. The fourth-order valence-corrected chi connectivity index (χ4v) is 9.61. The monoisotopic (exact) mass is 1760 g/mol. The molecule has 0 bridgehead atoms. The summed E-state index contributed by atoms with van der Waals surface area (Å²) in [6, 6.07) is 0. The number of carbonyl (C=O) groups is 22. The molecule has 17 amide bonds. The van der Waals surface area contributed by atoms with Crippen LogP contribution in [0.3, 0.4) is 0 Å². The van der Waals surface area contributed by atoms with Crippen LogP contribution in [0.25, 0.3) is 0 Å². The van der Waals surface area contributed by atoms with Crippen LogP contribution in [0, 0.1) is 0 Å². The molecule has 0 radical (unpaired) electrons. The molecule has 17 heterocycles. The van der Waals surface area contributed by atoms with Crippen LogP contribution in [0.4, 0.5) is 24.0 Å². The molecule has 122 heavy (non-hydrogen) atoms. The quantitative estimate of drug-likeness (QED) is 0.143. The smallest absolute Gasteiger partial charge is 0.450 e. The summed E-state index contributed by atoms with van der Waals surface area (Å²) in [6.45, 7) is 15.1. The molecule has 17 fully saturated rings. The second-order valence-corrected chi connectivity index (χ2v) is 26.1. The first-order valence-corrected chi connectivity index (χ1v) is 40.0. The van der Waals surface area contributed by atoms with Crippen molar-refractivity contribution in [1.82, 2.24) is 90.4 Å². The zero-order valence-electron chi connectivity index (χ0n) is 69.0. The van der Waals surface area contributed by atoms with Crippen LogP contribution in [0.5, 0.6) is 0 Å².